The summed E-state index contributed by atoms with van der Waals surface area (Å²) in [6.07, 6.45) is 6.79. The van der Waals surface area contributed by atoms with E-state index in [9.17, 15) is 0 Å². The van der Waals surface area contributed by atoms with Crippen LogP contribution < -0.4 is 29.6 Å². The quantitative estimate of drug-likeness (QED) is 0.295. The molecule has 4 nitrogen and oxygen atoms in total. The van der Waals surface area contributed by atoms with Crippen molar-refractivity contribution in [3.8, 4) is 0 Å². The molecule has 0 saturated heterocycles. The first kappa shape index (κ1) is 16.6. The van der Waals surface area contributed by atoms with Gasteiger partial charge in [0.1, 0.15) is 0 Å². The largest absolute Gasteiger partial charge is 1.00 e. The monoisotopic (exact) mass is 236 g/mol. The van der Waals surface area contributed by atoms with Gasteiger partial charge in [0.05, 0.1) is 0 Å². The zero-order chi connectivity index (χ0) is 9.61. The van der Waals surface area contributed by atoms with Gasteiger partial charge in [0.2, 0.25) is 0 Å². The first-order chi connectivity index (χ1) is 5.39. The van der Waals surface area contributed by atoms with E-state index in [1.54, 1.807) is 0 Å². The van der Waals surface area contributed by atoms with Gasteiger partial charge in [-0.15, -0.1) is 0 Å². The van der Waals surface area contributed by atoms with Crippen LogP contribution in [-0.2, 0) is 23.0 Å². The Morgan fingerprint density at radius 2 is 1.38 bits per heavy atom. The van der Waals surface area contributed by atoms with Crippen LogP contribution in [0, 0.1) is 0 Å². The van der Waals surface area contributed by atoms with Crippen molar-refractivity contribution in [3.05, 3.63) is 0 Å². The van der Waals surface area contributed by atoms with E-state index in [-0.39, 0.29) is 29.6 Å². The third-order valence-corrected chi connectivity index (χ3v) is 2.02. The van der Waals surface area contributed by atoms with E-state index in [4.69, 9.17) is 30.2 Å². The van der Waals surface area contributed by atoms with Crippen LogP contribution in [0.4, 0.5) is 0 Å². The molecule has 0 aromatic rings. The van der Waals surface area contributed by atoms with Crippen LogP contribution in [0.25, 0.3) is 0 Å². The van der Waals surface area contributed by atoms with Gasteiger partial charge in [0.15, 0.2) is 0 Å². The van der Waals surface area contributed by atoms with Crippen molar-refractivity contribution >= 4 is 23.0 Å². The van der Waals surface area contributed by atoms with Crippen LogP contribution in [-0.4, -0.2) is 22.8 Å². The van der Waals surface area contributed by atoms with Gasteiger partial charge in [-0.2, -0.15) is 13.7 Å². The molecule has 0 aliphatic heterocycles. The molecule has 0 bridgehead atoms. The van der Waals surface area contributed by atoms with Gasteiger partial charge in [-0.3, -0.25) is 9.11 Å². The molecule has 7 heteroatoms. The first-order valence-electron chi connectivity index (χ1n) is 3.75. The Hall–Kier alpha value is 1.22. The standard InChI is InChI=1S/C6H12S.Na.H2O4S/c7-6-4-2-1-3-5-6;;1-5(2,3)4/h6-7H,1-5H2;;(H2,1,2,3,4)/q;+1;/p-1. The van der Waals surface area contributed by atoms with Crippen molar-refractivity contribution in [3.63, 3.8) is 0 Å². The topological polar surface area (TPSA) is 74.6 Å². The molecular formula is C6H13NaO4S2. The molecular weight excluding hydrogens is 223 g/mol. The SMILES string of the molecule is O=S(=O)(O)O.[Na+].[S-]C1CCCCC1. The van der Waals surface area contributed by atoms with Crippen LogP contribution in [0.1, 0.15) is 32.1 Å². The summed E-state index contributed by atoms with van der Waals surface area (Å²) in [5.41, 5.74) is 0. The summed E-state index contributed by atoms with van der Waals surface area (Å²) in [5.74, 6) is 0. The van der Waals surface area contributed by atoms with E-state index in [1.165, 1.54) is 32.1 Å². The Kier molecular flexibility index (Phi) is 10.9. The number of hydrogen-bond donors (Lipinski definition) is 2. The Morgan fingerprint density at radius 1 is 1.08 bits per heavy atom. The van der Waals surface area contributed by atoms with Gasteiger partial charge < -0.3 is 12.6 Å². The molecule has 1 aliphatic carbocycles. The van der Waals surface area contributed by atoms with E-state index in [0.717, 1.165) is 0 Å². The summed E-state index contributed by atoms with van der Waals surface area (Å²) in [6.45, 7) is 0. The van der Waals surface area contributed by atoms with Crippen molar-refractivity contribution in [2.75, 3.05) is 0 Å². The van der Waals surface area contributed by atoms with E-state index in [2.05, 4.69) is 0 Å². The Balaban J connectivity index is 0. The van der Waals surface area contributed by atoms with Gasteiger partial charge in [-0.25, -0.2) is 0 Å². The van der Waals surface area contributed by atoms with Crippen LogP contribution in [0.15, 0.2) is 0 Å². The molecule has 13 heavy (non-hydrogen) atoms. The predicted molar refractivity (Wildman–Crippen MR) is 48.4 cm³/mol. The molecule has 1 fully saturated rings. The summed E-state index contributed by atoms with van der Waals surface area (Å²) in [7, 11) is -4.67. The fourth-order valence-corrected chi connectivity index (χ4v) is 1.40. The second-order valence-electron chi connectivity index (χ2n) is 2.71. The Labute approximate surface area is 107 Å². The number of hydrogen-bond acceptors (Lipinski definition) is 3. The normalized spacial score (nSPS) is 18.1. The molecule has 0 heterocycles. The van der Waals surface area contributed by atoms with Crippen molar-refractivity contribution in [1.82, 2.24) is 0 Å². The van der Waals surface area contributed by atoms with Crippen LogP contribution in [0.2, 0.25) is 0 Å². The molecule has 2 N–H and O–H groups in total. The van der Waals surface area contributed by atoms with E-state index in [0.29, 0.717) is 5.25 Å². The second-order valence-corrected chi connectivity index (χ2v) is 4.27. The predicted octanol–water partition coefficient (Wildman–Crippen LogP) is -1.78. The van der Waals surface area contributed by atoms with Crippen molar-refractivity contribution in [1.29, 1.82) is 0 Å². The maximum Gasteiger partial charge on any atom is 1.00 e. The molecule has 1 saturated carbocycles. The van der Waals surface area contributed by atoms with Gasteiger partial charge in [0, 0.05) is 0 Å². The summed E-state index contributed by atoms with van der Waals surface area (Å²) < 4.78 is 31.6. The maximum atomic E-state index is 8.74. The Bertz CT molecular complexity index is 191. The molecule has 0 unspecified atom stereocenters. The maximum absolute atomic E-state index is 8.74. The van der Waals surface area contributed by atoms with Gasteiger partial charge >= 0.3 is 40.0 Å². The summed E-state index contributed by atoms with van der Waals surface area (Å²) in [5, 5.41) is 0.619. The van der Waals surface area contributed by atoms with E-state index < -0.39 is 10.4 Å². The van der Waals surface area contributed by atoms with Crippen molar-refractivity contribution in [2.24, 2.45) is 0 Å². The van der Waals surface area contributed by atoms with Crippen LogP contribution >= 0.6 is 0 Å². The second kappa shape index (κ2) is 8.52. The molecule has 0 aromatic carbocycles. The molecule has 1 aliphatic rings. The Morgan fingerprint density at radius 3 is 1.54 bits per heavy atom. The number of rotatable bonds is 0. The summed E-state index contributed by atoms with van der Waals surface area (Å²) >= 11 is 5.09. The fraction of sp³-hybridized carbons (Fsp3) is 1.00. The smallest absolute Gasteiger partial charge is 0.789 e. The molecule has 0 atom stereocenters. The van der Waals surface area contributed by atoms with E-state index in [1.807, 2.05) is 0 Å². The van der Waals surface area contributed by atoms with Crippen LogP contribution in [0.3, 0.4) is 0 Å². The third kappa shape index (κ3) is 19.6. The zero-order valence-electron chi connectivity index (χ0n) is 7.64. The van der Waals surface area contributed by atoms with Crippen LogP contribution in [0.5, 0.6) is 0 Å². The molecule has 0 radical (unpaired) electrons. The average Bonchev–Trinajstić information content (AvgIpc) is 1.85. The van der Waals surface area contributed by atoms with Gasteiger partial charge in [-0.1, -0.05) is 32.1 Å². The fourth-order valence-electron chi connectivity index (χ4n) is 1.07. The molecule has 74 valence electrons. The first-order valence-corrected chi connectivity index (χ1v) is 5.62. The zero-order valence-corrected chi connectivity index (χ0v) is 11.3. The van der Waals surface area contributed by atoms with Crippen molar-refractivity contribution < 1.29 is 47.1 Å². The summed E-state index contributed by atoms with van der Waals surface area (Å²) in [4.78, 5) is 0. The minimum absolute atomic E-state index is 0. The average molecular weight is 236 g/mol. The minimum atomic E-state index is -4.67. The van der Waals surface area contributed by atoms with Gasteiger partial charge in [-0.05, 0) is 0 Å². The van der Waals surface area contributed by atoms with Gasteiger partial charge in [0.25, 0.3) is 0 Å². The molecule has 1 rings (SSSR count). The summed E-state index contributed by atoms with van der Waals surface area (Å²) in [6, 6.07) is 0. The molecule has 0 amide bonds. The molecule has 0 aromatic heterocycles. The van der Waals surface area contributed by atoms with E-state index >= 15 is 0 Å². The minimum Gasteiger partial charge on any atom is -0.789 e. The van der Waals surface area contributed by atoms with Crippen molar-refractivity contribution in [2.45, 2.75) is 37.4 Å². The molecule has 0 spiro atoms. The third-order valence-electron chi connectivity index (χ3n) is 1.55.